The molecule has 3 amide bonds. The number of carboxylic acids is 1. The summed E-state index contributed by atoms with van der Waals surface area (Å²) in [6, 6.07) is 6.42. The average molecular weight is 536 g/mol. The van der Waals surface area contributed by atoms with E-state index in [1.807, 2.05) is 23.8 Å². The van der Waals surface area contributed by atoms with Crippen molar-refractivity contribution in [1.82, 2.24) is 24.3 Å². The van der Waals surface area contributed by atoms with E-state index in [4.69, 9.17) is 0 Å². The highest BCUT2D eigenvalue weighted by atomic mass is 32.1. The third-order valence-corrected chi connectivity index (χ3v) is 7.31. The maximum absolute atomic E-state index is 13.5. The van der Waals surface area contributed by atoms with Gasteiger partial charge in [-0.2, -0.15) is 0 Å². The molecule has 0 unspecified atom stereocenters. The van der Waals surface area contributed by atoms with Crippen molar-refractivity contribution in [2.24, 2.45) is 0 Å². The third kappa shape index (κ3) is 6.02. The minimum atomic E-state index is -0.970. The number of carbonyl (C=O) groups excluding carboxylic acids is 2. The van der Waals surface area contributed by atoms with Crippen molar-refractivity contribution in [2.45, 2.75) is 66.0 Å². The van der Waals surface area contributed by atoms with Crippen LogP contribution in [0.15, 0.2) is 41.5 Å². The Balaban J connectivity index is 1.69. The topological polar surface area (TPSA) is 109 Å². The van der Waals surface area contributed by atoms with Gasteiger partial charge in [-0.1, -0.05) is 38.8 Å². The van der Waals surface area contributed by atoms with Gasteiger partial charge < -0.3 is 9.67 Å². The highest BCUT2D eigenvalue weighted by Gasteiger charge is 2.41. The first-order valence-corrected chi connectivity index (χ1v) is 13.8. The van der Waals surface area contributed by atoms with Gasteiger partial charge in [-0.3, -0.25) is 14.6 Å². The number of hydrogen-bond donors (Lipinski definition) is 1. The summed E-state index contributed by atoms with van der Waals surface area (Å²) in [7, 11) is 0. The molecule has 3 aromatic rings. The van der Waals surface area contributed by atoms with Gasteiger partial charge in [0, 0.05) is 24.9 Å². The summed E-state index contributed by atoms with van der Waals surface area (Å²) in [4.78, 5) is 50.0. The fourth-order valence-electron chi connectivity index (χ4n) is 4.38. The van der Waals surface area contributed by atoms with Crippen LogP contribution in [0.25, 0.3) is 6.08 Å². The van der Waals surface area contributed by atoms with Crippen LogP contribution in [0.1, 0.15) is 77.7 Å². The molecule has 2 aromatic heterocycles. The van der Waals surface area contributed by atoms with Crippen LogP contribution in [-0.4, -0.2) is 53.9 Å². The summed E-state index contributed by atoms with van der Waals surface area (Å²) < 4.78 is 2.04. The van der Waals surface area contributed by atoms with E-state index in [1.54, 1.807) is 41.4 Å². The van der Waals surface area contributed by atoms with Crippen molar-refractivity contribution in [3.05, 3.63) is 74.9 Å². The van der Waals surface area contributed by atoms with E-state index >= 15 is 0 Å². The Morgan fingerprint density at radius 3 is 2.42 bits per heavy atom. The van der Waals surface area contributed by atoms with Crippen molar-refractivity contribution < 1.29 is 19.5 Å². The molecule has 1 aliphatic heterocycles. The second kappa shape index (κ2) is 12.2. The number of thiazole rings is 1. The molecule has 9 nitrogen and oxygen atoms in total. The standard InChI is InChI=1S/C28H33N5O4S/c1-4-6-8-25-29-15-23(32(25)16-20-9-11-21(12-10-20)27(35)36)14-24-26(34)33(17-22-18-38-19(3)30-22)28(37)31(24)13-7-5-2/h9-12,14-15,18H,4-8,13,16-17H2,1-3H3,(H,35,36)/b24-14-. The van der Waals surface area contributed by atoms with Crippen molar-refractivity contribution >= 4 is 35.3 Å². The summed E-state index contributed by atoms with van der Waals surface area (Å²) in [6.07, 6.45) is 7.92. The predicted molar refractivity (Wildman–Crippen MR) is 146 cm³/mol. The fourth-order valence-corrected chi connectivity index (χ4v) is 4.98. The zero-order valence-corrected chi connectivity index (χ0v) is 22.8. The van der Waals surface area contributed by atoms with Crippen LogP contribution in [-0.2, 0) is 24.3 Å². The largest absolute Gasteiger partial charge is 0.478 e. The van der Waals surface area contributed by atoms with Gasteiger partial charge in [0.2, 0.25) is 0 Å². The van der Waals surface area contributed by atoms with Gasteiger partial charge in [-0.05, 0) is 43.5 Å². The molecule has 3 heterocycles. The molecule has 0 bridgehead atoms. The number of aromatic nitrogens is 3. The van der Waals surface area contributed by atoms with Crippen LogP contribution in [0.2, 0.25) is 0 Å². The maximum atomic E-state index is 13.5. The number of rotatable bonds is 12. The lowest BCUT2D eigenvalue weighted by Gasteiger charge is -2.17. The van der Waals surface area contributed by atoms with Crippen LogP contribution in [0.3, 0.4) is 0 Å². The number of benzene rings is 1. The molecule has 1 aromatic carbocycles. The Kier molecular flexibility index (Phi) is 8.73. The molecule has 1 saturated heterocycles. The number of amides is 3. The van der Waals surface area contributed by atoms with Crippen molar-refractivity contribution in [3.8, 4) is 0 Å². The van der Waals surface area contributed by atoms with E-state index in [1.165, 1.54) is 16.2 Å². The molecular weight excluding hydrogens is 502 g/mol. The Bertz CT molecular complexity index is 1340. The smallest absolute Gasteiger partial charge is 0.335 e. The Hall–Kier alpha value is -3.79. The van der Waals surface area contributed by atoms with Gasteiger partial charge in [0.25, 0.3) is 5.91 Å². The molecule has 1 fully saturated rings. The average Bonchev–Trinajstić information content (AvgIpc) is 3.55. The Morgan fingerprint density at radius 2 is 1.79 bits per heavy atom. The monoisotopic (exact) mass is 535 g/mol. The number of unbranched alkanes of at least 4 members (excludes halogenated alkanes) is 2. The van der Waals surface area contributed by atoms with Gasteiger partial charge in [0.15, 0.2) is 0 Å². The van der Waals surface area contributed by atoms with E-state index < -0.39 is 5.97 Å². The van der Waals surface area contributed by atoms with Crippen LogP contribution < -0.4 is 0 Å². The van der Waals surface area contributed by atoms with Gasteiger partial charge in [0.1, 0.15) is 11.5 Å². The third-order valence-electron chi connectivity index (χ3n) is 6.49. The first-order chi connectivity index (χ1) is 18.3. The number of carboxylic acid groups (broad SMARTS) is 1. The SMILES string of the molecule is CCCCc1ncc(/C=C2/C(=O)N(Cc3csc(C)n3)C(=O)N2CCCC)n1Cc1ccc(C(=O)O)cc1. The Labute approximate surface area is 226 Å². The van der Waals surface area contributed by atoms with Crippen LogP contribution in [0, 0.1) is 6.92 Å². The molecule has 200 valence electrons. The molecule has 0 spiro atoms. The number of nitrogens with zero attached hydrogens (tertiary/aromatic N) is 5. The summed E-state index contributed by atoms with van der Waals surface area (Å²) in [5.41, 5.74) is 2.90. The molecule has 0 aliphatic carbocycles. The number of urea groups is 1. The number of aryl methyl sites for hydroxylation is 2. The number of carbonyl (C=O) groups is 3. The van der Waals surface area contributed by atoms with E-state index in [0.717, 1.165) is 54.2 Å². The highest BCUT2D eigenvalue weighted by Crippen LogP contribution is 2.27. The molecule has 1 aliphatic rings. The fraction of sp³-hybridized carbons (Fsp3) is 0.393. The maximum Gasteiger partial charge on any atom is 0.335 e. The second-order valence-corrected chi connectivity index (χ2v) is 10.4. The number of aromatic carboxylic acids is 1. The van der Waals surface area contributed by atoms with Gasteiger partial charge >= 0.3 is 12.0 Å². The van der Waals surface area contributed by atoms with E-state index in [0.29, 0.717) is 24.5 Å². The van der Waals surface area contributed by atoms with E-state index in [9.17, 15) is 19.5 Å². The quantitative estimate of drug-likeness (QED) is 0.248. The van der Waals surface area contributed by atoms with Crippen molar-refractivity contribution in [3.63, 3.8) is 0 Å². The van der Waals surface area contributed by atoms with E-state index in [2.05, 4.69) is 16.9 Å². The minimum absolute atomic E-state index is 0.138. The molecule has 10 heteroatoms. The first-order valence-electron chi connectivity index (χ1n) is 12.9. The number of hydrogen-bond acceptors (Lipinski definition) is 6. The zero-order valence-electron chi connectivity index (χ0n) is 22.0. The summed E-state index contributed by atoms with van der Waals surface area (Å²) in [5.74, 6) is -0.430. The molecular formula is C28H33N5O4S. The first kappa shape index (κ1) is 27.3. The van der Waals surface area contributed by atoms with Gasteiger partial charge in [-0.25, -0.2) is 19.6 Å². The van der Waals surface area contributed by atoms with Crippen LogP contribution in [0.5, 0.6) is 0 Å². The number of imidazole rings is 1. The van der Waals surface area contributed by atoms with Gasteiger partial charge in [-0.15, -0.1) is 11.3 Å². The second-order valence-electron chi connectivity index (χ2n) is 9.36. The zero-order chi connectivity index (χ0) is 27.2. The molecule has 0 radical (unpaired) electrons. The van der Waals surface area contributed by atoms with Crippen LogP contribution >= 0.6 is 11.3 Å². The van der Waals surface area contributed by atoms with E-state index in [-0.39, 0.29) is 24.0 Å². The normalized spacial score (nSPS) is 14.8. The lowest BCUT2D eigenvalue weighted by atomic mass is 10.1. The predicted octanol–water partition coefficient (Wildman–Crippen LogP) is 5.34. The molecule has 4 rings (SSSR count). The van der Waals surface area contributed by atoms with Gasteiger partial charge in [0.05, 0.1) is 34.7 Å². The summed E-state index contributed by atoms with van der Waals surface area (Å²) in [5, 5.41) is 12.0. The summed E-state index contributed by atoms with van der Waals surface area (Å²) >= 11 is 1.49. The summed E-state index contributed by atoms with van der Waals surface area (Å²) in [6.45, 7) is 7.12. The lowest BCUT2D eigenvalue weighted by Crippen LogP contribution is -2.33. The van der Waals surface area contributed by atoms with Crippen molar-refractivity contribution in [1.29, 1.82) is 0 Å². The lowest BCUT2D eigenvalue weighted by molar-refractivity contribution is -0.123. The molecule has 0 atom stereocenters. The Morgan fingerprint density at radius 1 is 1.05 bits per heavy atom. The molecule has 1 N–H and O–H groups in total. The molecule has 0 saturated carbocycles. The molecule has 38 heavy (non-hydrogen) atoms. The van der Waals surface area contributed by atoms with Crippen LogP contribution in [0.4, 0.5) is 4.79 Å². The number of imide groups is 1. The van der Waals surface area contributed by atoms with Crippen molar-refractivity contribution in [2.75, 3.05) is 6.54 Å². The highest BCUT2D eigenvalue weighted by molar-refractivity contribution is 7.09. The minimum Gasteiger partial charge on any atom is -0.478 e.